The molecule has 4 rings (SSSR count). The van der Waals surface area contributed by atoms with Gasteiger partial charge in [0.15, 0.2) is 0 Å². The molecule has 1 amide bonds. The van der Waals surface area contributed by atoms with E-state index in [0.717, 1.165) is 11.1 Å². The van der Waals surface area contributed by atoms with Crippen molar-refractivity contribution in [2.24, 2.45) is 0 Å². The van der Waals surface area contributed by atoms with Gasteiger partial charge in [0.25, 0.3) is 0 Å². The molecular formula is C23H21F3N4O2S. The average Bonchev–Trinajstić information content (AvgIpc) is 3.39. The van der Waals surface area contributed by atoms with E-state index in [0.29, 0.717) is 34.8 Å². The van der Waals surface area contributed by atoms with E-state index in [4.69, 9.17) is 0 Å². The third kappa shape index (κ3) is 4.91. The number of hydrogen-bond acceptors (Lipinski definition) is 5. The van der Waals surface area contributed by atoms with Crippen LogP contribution in [-0.4, -0.2) is 32.1 Å². The summed E-state index contributed by atoms with van der Waals surface area (Å²) in [5.74, 6) is -0.557. The quantitative estimate of drug-likeness (QED) is 0.366. The van der Waals surface area contributed by atoms with Crippen LogP contribution in [0.5, 0.6) is 0 Å². The molecule has 1 unspecified atom stereocenters. The number of H-pyrrole nitrogens is 1. The van der Waals surface area contributed by atoms with Crippen LogP contribution < -0.4 is 5.32 Å². The number of nitrogens with one attached hydrogen (secondary N) is 2. The van der Waals surface area contributed by atoms with Crippen molar-refractivity contribution < 1.29 is 23.1 Å². The van der Waals surface area contributed by atoms with Gasteiger partial charge in [-0.15, -0.1) is 11.3 Å². The van der Waals surface area contributed by atoms with E-state index in [1.165, 1.54) is 12.3 Å². The highest BCUT2D eigenvalue weighted by Crippen LogP contribution is 2.43. The number of halogens is 3. The number of hydrogen-bond donors (Lipinski definition) is 3. The van der Waals surface area contributed by atoms with Gasteiger partial charge >= 0.3 is 6.18 Å². The second-order valence-electron chi connectivity index (χ2n) is 7.78. The molecule has 0 aliphatic rings. The minimum atomic E-state index is -5.08. The highest BCUT2D eigenvalue weighted by molar-refractivity contribution is 7.09. The van der Waals surface area contributed by atoms with Crippen LogP contribution in [0.1, 0.15) is 34.6 Å². The Kier molecular flexibility index (Phi) is 6.22. The van der Waals surface area contributed by atoms with Gasteiger partial charge < -0.3 is 15.4 Å². The summed E-state index contributed by atoms with van der Waals surface area (Å²) < 4.78 is 41.5. The largest absolute Gasteiger partial charge is 0.424 e. The highest BCUT2D eigenvalue weighted by atomic mass is 32.1. The molecular weight excluding hydrogens is 453 g/mol. The fraction of sp³-hybridized carbons (Fsp3) is 0.261. The molecule has 0 saturated carbocycles. The van der Waals surface area contributed by atoms with E-state index in [2.05, 4.69) is 20.3 Å². The first-order chi connectivity index (χ1) is 15.7. The molecule has 0 saturated heterocycles. The number of imidazole rings is 1. The van der Waals surface area contributed by atoms with Gasteiger partial charge in [0.2, 0.25) is 11.5 Å². The molecule has 0 bridgehead atoms. The first kappa shape index (κ1) is 22.9. The summed E-state index contributed by atoms with van der Waals surface area (Å²) in [6.07, 6.45) is -5.99. The Morgan fingerprint density at radius 3 is 2.45 bits per heavy atom. The standard InChI is InChI=1S/C23H21F3N4O2S/c1-14-13-33-21(27-14)22(32,23(24,25)26)12-19(31)28-18(11-15-7-3-2-4-8-15)20-29-16-9-5-6-10-17(16)30-20/h2-10,13,18,32H,11-12H2,1H3,(H,28,31)(H,29,30)/t18-,22?/m0/s1. The van der Waals surface area contributed by atoms with Crippen molar-refractivity contribution >= 4 is 28.3 Å². The monoisotopic (exact) mass is 474 g/mol. The molecule has 10 heteroatoms. The van der Waals surface area contributed by atoms with Crippen molar-refractivity contribution in [2.45, 2.75) is 37.6 Å². The Morgan fingerprint density at radius 1 is 1.12 bits per heavy atom. The van der Waals surface area contributed by atoms with Crippen molar-refractivity contribution in [2.75, 3.05) is 0 Å². The van der Waals surface area contributed by atoms with Crippen molar-refractivity contribution in [3.05, 3.63) is 82.1 Å². The summed E-state index contributed by atoms with van der Waals surface area (Å²) in [5.41, 5.74) is -0.775. The maximum absolute atomic E-state index is 13.8. The number of benzene rings is 2. The Bertz CT molecular complexity index is 1220. The molecule has 0 fully saturated rings. The molecule has 172 valence electrons. The first-order valence-electron chi connectivity index (χ1n) is 10.2. The minimum absolute atomic E-state index is 0.299. The van der Waals surface area contributed by atoms with Gasteiger partial charge in [-0.3, -0.25) is 4.79 Å². The van der Waals surface area contributed by atoms with Crippen molar-refractivity contribution in [3.63, 3.8) is 0 Å². The number of aryl methyl sites for hydroxylation is 1. The molecule has 0 aliphatic carbocycles. The van der Waals surface area contributed by atoms with Crippen LogP contribution in [0.4, 0.5) is 13.2 Å². The lowest BCUT2D eigenvalue weighted by molar-refractivity contribution is -0.267. The van der Waals surface area contributed by atoms with E-state index in [-0.39, 0.29) is 0 Å². The third-order valence-corrected chi connectivity index (χ3v) is 6.32. The number of alkyl halides is 3. The summed E-state index contributed by atoms with van der Waals surface area (Å²) >= 11 is 0.667. The number of amides is 1. The molecule has 2 atom stereocenters. The normalized spacial score (nSPS) is 14.7. The molecule has 0 spiro atoms. The Hall–Kier alpha value is -3.24. The van der Waals surface area contributed by atoms with Crippen LogP contribution >= 0.6 is 11.3 Å². The molecule has 0 radical (unpaired) electrons. The van der Waals surface area contributed by atoms with Crippen LogP contribution in [0.2, 0.25) is 0 Å². The van der Waals surface area contributed by atoms with Crippen LogP contribution in [0.15, 0.2) is 60.0 Å². The molecule has 0 aliphatic heterocycles. The number of aliphatic hydroxyl groups is 1. The summed E-state index contributed by atoms with van der Waals surface area (Å²) in [7, 11) is 0. The second-order valence-corrected chi connectivity index (χ2v) is 8.64. The third-order valence-electron chi connectivity index (χ3n) is 5.21. The van der Waals surface area contributed by atoms with Gasteiger partial charge in [-0.25, -0.2) is 9.97 Å². The maximum atomic E-state index is 13.8. The zero-order valence-corrected chi connectivity index (χ0v) is 18.4. The number of nitrogens with zero attached hydrogens (tertiary/aromatic N) is 2. The van der Waals surface area contributed by atoms with Gasteiger partial charge in [-0.1, -0.05) is 42.5 Å². The zero-order chi connectivity index (χ0) is 23.6. The lowest BCUT2D eigenvalue weighted by atomic mass is 9.98. The topological polar surface area (TPSA) is 90.9 Å². The van der Waals surface area contributed by atoms with Crippen molar-refractivity contribution in [1.82, 2.24) is 20.3 Å². The molecule has 4 aromatic rings. The van der Waals surface area contributed by atoms with Crippen LogP contribution in [0, 0.1) is 6.92 Å². The maximum Gasteiger partial charge on any atom is 0.424 e. The fourth-order valence-corrected chi connectivity index (χ4v) is 4.44. The zero-order valence-electron chi connectivity index (χ0n) is 17.6. The molecule has 2 aromatic heterocycles. The Balaban J connectivity index is 1.62. The van der Waals surface area contributed by atoms with E-state index >= 15 is 0 Å². The predicted molar refractivity (Wildman–Crippen MR) is 119 cm³/mol. The Labute approximate surface area is 191 Å². The van der Waals surface area contributed by atoms with E-state index in [1.807, 2.05) is 48.5 Å². The number of rotatable bonds is 7. The minimum Gasteiger partial charge on any atom is -0.374 e. The number of thiazole rings is 1. The highest BCUT2D eigenvalue weighted by Gasteiger charge is 2.58. The van der Waals surface area contributed by atoms with Gasteiger partial charge in [-0.2, -0.15) is 13.2 Å². The molecule has 6 nitrogen and oxygen atoms in total. The summed E-state index contributed by atoms with van der Waals surface area (Å²) in [6.45, 7) is 1.52. The lowest BCUT2D eigenvalue weighted by Crippen LogP contribution is -2.46. The van der Waals surface area contributed by atoms with Crippen LogP contribution in [0.25, 0.3) is 11.0 Å². The molecule has 2 aromatic carbocycles. The summed E-state index contributed by atoms with van der Waals surface area (Å²) in [5, 5.41) is 14.0. The van der Waals surface area contributed by atoms with Crippen molar-refractivity contribution in [3.8, 4) is 0 Å². The van der Waals surface area contributed by atoms with Gasteiger partial charge in [-0.05, 0) is 31.0 Å². The van der Waals surface area contributed by atoms with Gasteiger partial charge in [0.05, 0.1) is 23.5 Å². The molecule has 33 heavy (non-hydrogen) atoms. The number of fused-ring (bicyclic) bond motifs is 1. The van der Waals surface area contributed by atoms with E-state index < -0.39 is 35.2 Å². The number of aromatic nitrogens is 3. The average molecular weight is 475 g/mol. The van der Waals surface area contributed by atoms with Crippen molar-refractivity contribution in [1.29, 1.82) is 0 Å². The number of carbonyl (C=O) groups is 1. The number of carbonyl (C=O) groups excluding carboxylic acids is 1. The van der Waals surface area contributed by atoms with Crippen LogP contribution in [-0.2, 0) is 16.8 Å². The summed E-state index contributed by atoms with van der Waals surface area (Å²) in [4.78, 5) is 24.3. The molecule has 2 heterocycles. The smallest absolute Gasteiger partial charge is 0.374 e. The predicted octanol–water partition coefficient (Wildman–Crippen LogP) is 4.57. The SMILES string of the molecule is Cc1csc(C(O)(CC(=O)N[C@@H](Cc2ccccc2)c2nc3ccccc3[nH]2)C(F)(F)F)n1. The van der Waals surface area contributed by atoms with Gasteiger partial charge in [0.1, 0.15) is 10.8 Å². The number of aromatic amines is 1. The second kappa shape index (κ2) is 8.95. The summed E-state index contributed by atoms with van der Waals surface area (Å²) in [6, 6.07) is 15.7. The molecule has 3 N–H and O–H groups in total. The first-order valence-corrected chi connectivity index (χ1v) is 11.0. The van der Waals surface area contributed by atoms with Gasteiger partial charge in [0, 0.05) is 11.1 Å². The van der Waals surface area contributed by atoms with Crippen LogP contribution in [0.3, 0.4) is 0 Å². The number of para-hydroxylation sites is 2. The lowest BCUT2D eigenvalue weighted by Gasteiger charge is -2.28. The fourth-order valence-electron chi connectivity index (χ4n) is 3.52. The Morgan fingerprint density at radius 2 is 1.82 bits per heavy atom. The van der Waals surface area contributed by atoms with E-state index in [9.17, 15) is 23.1 Å². The van der Waals surface area contributed by atoms with E-state index in [1.54, 1.807) is 6.07 Å².